The van der Waals surface area contributed by atoms with Gasteiger partial charge < -0.3 is 9.88 Å². The van der Waals surface area contributed by atoms with Gasteiger partial charge in [-0.15, -0.1) is 0 Å². The van der Waals surface area contributed by atoms with Gasteiger partial charge in [0, 0.05) is 24.0 Å². The summed E-state index contributed by atoms with van der Waals surface area (Å²) in [6.07, 6.45) is 8.41. The predicted molar refractivity (Wildman–Crippen MR) is 87.7 cm³/mol. The lowest BCUT2D eigenvalue weighted by molar-refractivity contribution is 0.253. The number of nitrogens with one attached hydrogen (secondary N) is 1. The third-order valence-corrected chi connectivity index (χ3v) is 4.56. The van der Waals surface area contributed by atoms with Crippen LogP contribution < -0.4 is 10.9 Å². The van der Waals surface area contributed by atoms with Gasteiger partial charge in [-0.25, -0.2) is 4.98 Å². The zero-order chi connectivity index (χ0) is 15.6. The highest BCUT2D eigenvalue weighted by Crippen LogP contribution is 2.31. The van der Waals surface area contributed by atoms with Crippen molar-refractivity contribution in [2.24, 2.45) is 11.8 Å². The second-order valence-electron chi connectivity index (χ2n) is 7.56. The van der Waals surface area contributed by atoms with E-state index >= 15 is 0 Å². The maximum atomic E-state index is 12.6. The van der Waals surface area contributed by atoms with Gasteiger partial charge in [-0.1, -0.05) is 26.7 Å². The Labute approximate surface area is 128 Å². The molecule has 0 amide bonds. The molecule has 118 valence electrons. The summed E-state index contributed by atoms with van der Waals surface area (Å²) in [5.41, 5.74) is -0.237. The first-order valence-corrected chi connectivity index (χ1v) is 8.15. The minimum absolute atomic E-state index is 0.0157. The molecule has 0 aromatic carbocycles. The molecular formula is C17H29N3O. The molecule has 0 saturated heterocycles. The van der Waals surface area contributed by atoms with Gasteiger partial charge in [-0.3, -0.25) is 4.79 Å². The SMILES string of the molecule is CC(C)C1CCCCC1Nc1nccn(C(C)(C)C)c1=O. The molecule has 0 radical (unpaired) electrons. The van der Waals surface area contributed by atoms with Crippen LogP contribution in [-0.4, -0.2) is 15.6 Å². The fraction of sp³-hybridized carbons (Fsp3) is 0.765. The fourth-order valence-corrected chi connectivity index (χ4v) is 3.35. The summed E-state index contributed by atoms with van der Waals surface area (Å²) in [5, 5.41) is 3.45. The molecule has 1 aliphatic carbocycles. The standard InChI is InChI=1S/C17H29N3O/c1-12(2)13-8-6-7-9-14(13)19-15-16(21)20(11-10-18-15)17(3,4)5/h10-14H,6-9H2,1-5H3,(H,18,19). The zero-order valence-electron chi connectivity index (χ0n) is 14.0. The average Bonchev–Trinajstić information content (AvgIpc) is 2.40. The molecule has 2 atom stereocenters. The Kier molecular flexibility index (Phi) is 4.74. The van der Waals surface area contributed by atoms with Gasteiger partial charge >= 0.3 is 0 Å². The molecule has 2 unspecified atom stereocenters. The molecule has 21 heavy (non-hydrogen) atoms. The molecule has 0 aliphatic heterocycles. The number of hydrogen-bond acceptors (Lipinski definition) is 3. The molecule has 1 heterocycles. The second-order valence-corrected chi connectivity index (χ2v) is 7.56. The molecule has 1 aliphatic rings. The number of anilines is 1. The zero-order valence-corrected chi connectivity index (χ0v) is 14.0. The second kappa shape index (κ2) is 6.20. The highest BCUT2D eigenvalue weighted by Gasteiger charge is 2.28. The maximum Gasteiger partial charge on any atom is 0.293 e. The molecule has 1 aromatic heterocycles. The molecule has 1 fully saturated rings. The van der Waals surface area contributed by atoms with Crippen LogP contribution in [0.15, 0.2) is 17.2 Å². The van der Waals surface area contributed by atoms with Crippen LogP contribution in [-0.2, 0) is 5.54 Å². The summed E-state index contributed by atoms with van der Waals surface area (Å²) in [7, 11) is 0. The van der Waals surface area contributed by atoms with Crippen molar-refractivity contribution in [3.63, 3.8) is 0 Å². The molecule has 1 saturated carbocycles. The summed E-state index contributed by atoms with van der Waals surface area (Å²) in [6, 6.07) is 0.370. The van der Waals surface area contributed by atoms with Gasteiger partial charge in [0.25, 0.3) is 5.56 Å². The van der Waals surface area contributed by atoms with E-state index in [9.17, 15) is 4.79 Å². The first kappa shape index (κ1) is 16.1. The Morgan fingerprint density at radius 1 is 1.29 bits per heavy atom. The van der Waals surface area contributed by atoms with Crippen molar-refractivity contribution in [2.75, 3.05) is 5.32 Å². The van der Waals surface area contributed by atoms with Crippen molar-refractivity contribution in [2.45, 2.75) is 71.9 Å². The maximum absolute atomic E-state index is 12.6. The third-order valence-electron chi connectivity index (χ3n) is 4.56. The van der Waals surface area contributed by atoms with E-state index in [1.807, 2.05) is 20.8 Å². The van der Waals surface area contributed by atoms with E-state index in [0.29, 0.717) is 23.7 Å². The lowest BCUT2D eigenvalue weighted by Crippen LogP contribution is -2.40. The minimum atomic E-state index is -0.222. The summed E-state index contributed by atoms with van der Waals surface area (Å²) >= 11 is 0. The minimum Gasteiger partial charge on any atom is -0.362 e. The fourth-order valence-electron chi connectivity index (χ4n) is 3.35. The van der Waals surface area contributed by atoms with Gasteiger partial charge in [0.1, 0.15) is 0 Å². The average molecular weight is 291 g/mol. The Hall–Kier alpha value is -1.32. The van der Waals surface area contributed by atoms with Gasteiger partial charge in [0.05, 0.1) is 0 Å². The van der Waals surface area contributed by atoms with E-state index in [1.165, 1.54) is 19.3 Å². The van der Waals surface area contributed by atoms with Crippen LogP contribution in [0.3, 0.4) is 0 Å². The number of aromatic nitrogens is 2. The van der Waals surface area contributed by atoms with Crippen LogP contribution in [0.2, 0.25) is 0 Å². The molecule has 4 heteroatoms. The van der Waals surface area contributed by atoms with Crippen LogP contribution in [0, 0.1) is 11.8 Å². The first-order chi connectivity index (χ1) is 9.80. The summed E-state index contributed by atoms with van der Waals surface area (Å²) in [5.74, 6) is 1.77. The van der Waals surface area contributed by atoms with Crippen LogP contribution in [0.5, 0.6) is 0 Å². The molecule has 1 aromatic rings. The molecule has 1 N–H and O–H groups in total. The Bertz CT molecular complexity index is 528. The topological polar surface area (TPSA) is 46.9 Å². The Morgan fingerprint density at radius 2 is 1.95 bits per heavy atom. The Morgan fingerprint density at radius 3 is 2.57 bits per heavy atom. The molecule has 0 spiro atoms. The smallest absolute Gasteiger partial charge is 0.293 e. The lowest BCUT2D eigenvalue weighted by atomic mass is 9.78. The largest absolute Gasteiger partial charge is 0.362 e. The molecular weight excluding hydrogens is 262 g/mol. The van der Waals surface area contributed by atoms with E-state index in [2.05, 4.69) is 24.1 Å². The van der Waals surface area contributed by atoms with Crippen LogP contribution >= 0.6 is 0 Å². The molecule has 2 rings (SSSR count). The van der Waals surface area contributed by atoms with E-state index in [1.54, 1.807) is 17.0 Å². The summed E-state index contributed by atoms with van der Waals surface area (Å²) in [6.45, 7) is 10.7. The van der Waals surface area contributed by atoms with E-state index in [4.69, 9.17) is 0 Å². The van der Waals surface area contributed by atoms with Crippen molar-refractivity contribution in [3.05, 3.63) is 22.7 Å². The quantitative estimate of drug-likeness (QED) is 0.925. The van der Waals surface area contributed by atoms with Crippen LogP contribution in [0.25, 0.3) is 0 Å². The summed E-state index contributed by atoms with van der Waals surface area (Å²) in [4.78, 5) is 16.9. The predicted octanol–water partition coefficient (Wildman–Crippen LogP) is 3.63. The third kappa shape index (κ3) is 3.66. The molecule has 4 nitrogen and oxygen atoms in total. The lowest BCUT2D eigenvalue weighted by Gasteiger charge is -2.35. The van der Waals surface area contributed by atoms with Gasteiger partial charge in [-0.05, 0) is 45.4 Å². The van der Waals surface area contributed by atoms with E-state index < -0.39 is 0 Å². The van der Waals surface area contributed by atoms with Crippen molar-refractivity contribution in [3.8, 4) is 0 Å². The number of nitrogens with zero attached hydrogens (tertiary/aromatic N) is 2. The van der Waals surface area contributed by atoms with E-state index in [-0.39, 0.29) is 11.1 Å². The van der Waals surface area contributed by atoms with E-state index in [0.717, 1.165) is 6.42 Å². The highest BCUT2D eigenvalue weighted by atomic mass is 16.1. The monoisotopic (exact) mass is 291 g/mol. The van der Waals surface area contributed by atoms with Crippen LogP contribution in [0.4, 0.5) is 5.82 Å². The number of rotatable bonds is 3. The molecule has 0 bridgehead atoms. The van der Waals surface area contributed by atoms with Gasteiger partial charge in [-0.2, -0.15) is 0 Å². The first-order valence-electron chi connectivity index (χ1n) is 8.15. The van der Waals surface area contributed by atoms with Crippen molar-refractivity contribution < 1.29 is 0 Å². The van der Waals surface area contributed by atoms with Crippen LogP contribution in [0.1, 0.15) is 60.3 Å². The van der Waals surface area contributed by atoms with Crippen molar-refractivity contribution in [1.29, 1.82) is 0 Å². The number of hydrogen-bond donors (Lipinski definition) is 1. The summed E-state index contributed by atoms with van der Waals surface area (Å²) < 4.78 is 1.76. The highest BCUT2D eigenvalue weighted by molar-refractivity contribution is 5.33. The van der Waals surface area contributed by atoms with Gasteiger partial charge in [0.2, 0.25) is 0 Å². The van der Waals surface area contributed by atoms with Crippen molar-refractivity contribution >= 4 is 5.82 Å². The normalized spacial score (nSPS) is 23.3. The Balaban J connectivity index is 2.25. The van der Waals surface area contributed by atoms with Crippen molar-refractivity contribution in [1.82, 2.24) is 9.55 Å². The van der Waals surface area contributed by atoms with Gasteiger partial charge in [0.15, 0.2) is 5.82 Å².